The molecule has 0 saturated carbocycles. The zero-order valence-corrected chi connectivity index (χ0v) is 11.7. The zero-order valence-electron chi connectivity index (χ0n) is 10.8. The van der Waals surface area contributed by atoms with Crippen molar-refractivity contribution in [3.05, 3.63) is 30.3 Å². The standard InChI is InChI=1S/C13H12F3N3OS/c14-13(15,16)12(20)6-7-19(8-12)11-17-10(18-21-11)9-4-2-1-3-5-9/h1-5,20H,6-8H2. The molecule has 1 fully saturated rings. The third-order valence-electron chi connectivity index (χ3n) is 3.49. The second-order valence-corrected chi connectivity index (χ2v) is 5.70. The van der Waals surface area contributed by atoms with Crippen LogP contribution in [0, 0.1) is 0 Å². The number of rotatable bonds is 2. The summed E-state index contributed by atoms with van der Waals surface area (Å²) < 4.78 is 42.6. The molecule has 1 N–H and O–H groups in total. The topological polar surface area (TPSA) is 49.2 Å². The highest BCUT2D eigenvalue weighted by molar-refractivity contribution is 7.09. The molecule has 1 aliphatic rings. The zero-order chi connectivity index (χ0) is 15.1. The maximum Gasteiger partial charge on any atom is 0.419 e. The van der Waals surface area contributed by atoms with E-state index in [1.165, 1.54) is 4.90 Å². The molecule has 1 saturated heterocycles. The molecule has 112 valence electrons. The molecule has 1 aliphatic heterocycles. The highest BCUT2D eigenvalue weighted by Gasteiger charge is 2.57. The van der Waals surface area contributed by atoms with E-state index in [0.29, 0.717) is 11.0 Å². The fourth-order valence-corrected chi connectivity index (χ4v) is 2.95. The summed E-state index contributed by atoms with van der Waals surface area (Å²) in [5.74, 6) is 0.484. The molecule has 0 aliphatic carbocycles. The van der Waals surface area contributed by atoms with Gasteiger partial charge in [-0.2, -0.15) is 22.5 Å². The van der Waals surface area contributed by atoms with E-state index in [2.05, 4.69) is 9.36 Å². The van der Waals surface area contributed by atoms with Crippen molar-refractivity contribution in [2.24, 2.45) is 0 Å². The maximum atomic E-state index is 12.8. The van der Waals surface area contributed by atoms with Crippen LogP contribution >= 0.6 is 11.5 Å². The minimum absolute atomic E-state index is 0.111. The lowest BCUT2D eigenvalue weighted by atomic mass is 10.0. The minimum Gasteiger partial charge on any atom is -0.379 e. The van der Waals surface area contributed by atoms with Gasteiger partial charge < -0.3 is 10.0 Å². The lowest BCUT2D eigenvalue weighted by molar-refractivity contribution is -0.250. The predicted octanol–water partition coefficient (Wildman–Crippen LogP) is 2.71. The summed E-state index contributed by atoms with van der Waals surface area (Å²) in [6.07, 6.45) is -4.98. The molecular formula is C13H12F3N3OS. The van der Waals surface area contributed by atoms with Crippen molar-refractivity contribution in [1.82, 2.24) is 9.36 Å². The molecule has 4 nitrogen and oxygen atoms in total. The molecule has 1 aromatic carbocycles. The highest BCUT2D eigenvalue weighted by Crippen LogP contribution is 2.39. The number of aromatic nitrogens is 2. The second-order valence-electron chi connectivity index (χ2n) is 4.97. The van der Waals surface area contributed by atoms with Crippen LogP contribution in [0.1, 0.15) is 6.42 Å². The Morgan fingerprint density at radius 3 is 2.57 bits per heavy atom. The van der Waals surface area contributed by atoms with Gasteiger partial charge >= 0.3 is 6.18 Å². The van der Waals surface area contributed by atoms with Gasteiger partial charge in [-0.25, -0.2) is 0 Å². The number of nitrogens with zero attached hydrogens (tertiary/aromatic N) is 3. The van der Waals surface area contributed by atoms with Crippen LogP contribution in [-0.2, 0) is 0 Å². The third-order valence-corrected chi connectivity index (χ3v) is 4.27. The van der Waals surface area contributed by atoms with E-state index in [1.54, 1.807) is 0 Å². The largest absolute Gasteiger partial charge is 0.419 e. The van der Waals surface area contributed by atoms with Crippen molar-refractivity contribution in [3.8, 4) is 11.4 Å². The Bertz CT molecular complexity index is 631. The van der Waals surface area contributed by atoms with Crippen LogP contribution < -0.4 is 4.90 Å². The fourth-order valence-electron chi connectivity index (χ4n) is 2.24. The molecule has 0 radical (unpaired) electrons. The van der Waals surface area contributed by atoms with E-state index in [0.717, 1.165) is 17.1 Å². The average Bonchev–Trinajstić information content (AvgIpc) is 3.06. The number of alkyl halides is 3. The minimum atomic E-state index is -4.63. The Balaban J connectivity index is 1.80. The first-order valence-electron chi connectivity index (χ1n) is 6.32. The predicted molar refractivity (Wildman–Crippen MR) is 73.2 cm³/mol. The van der Waals surface area contributed by atoms with Crippen LogP contribution in [-0.4, -0.2) is 39.3 Å². The van der Waals surface area contributed by atoms with Crippen molar-refractivity contribution in [1.29, 1.82) is 0 Å². The normalized spacial score (nSPS) is 22.8. The Kier molecular flexibility index (Phi) is 3.37. The number of benzene rings is 1. The van der Waals surface area contributed by atoms with Gasteiger partial charge in [0.25, 0.3) is 0 Å². The van der Waals surface area contributed by atoms with E-state index in [9.17, 15) is 18.3 Å². The molecule has 2 heterocycles. The van der Waals surface area contributed by atoms with E-state index in [-0.39, 0.29) is 13.0 Å². The van der Waals surface area contributed by atoms with Gasteiger partial charge in [0, 0.05) is 30.1 Å². The molecule has 1 atom stereocenters. The molecule has 1 unspecified atom stereocenters. The van der Waals surface area contributed by atoms with Gasteiger partial charge in [-0.1, -0.05) is 30.3 Å². The van der Waals surface area contributed by atoms with Crippen molar-refractivity contribution in [3.63, 3.8) is 0 Å². The number of anilines is 1. The first kappa shape index (κ1) is 14.3. The summed E-state index contributed by atoms with van der Waals surface area (Å²) in [5, 5.41) is 10.1. The van der Waals surface area contributed by atoms with Crippen molar-refractivity contribution in [2.75, 3.05) is 18.0 Å². The van der Waals surface area contributed by atoms with Gasteiger partial charge in [0.05, 0.1) is 6.54 Å². The van der Waals surface area contributed by atoms with Crippen LogP contribution in [0.3, 0.4) is 0 Å². The lowest BCUT2D eigenvalue weighted by Crippen LogP contribution is -2.47. The first-order chi connectivity index (χ1) is 9.89. The molecule has 21 heavy (non-hydrogen) atoms. The molecule has 3 rings (SSSR count). The Morgan fingerprint density at radius 2 is 1.95 bits per heavy atom. The van der Waals surface area contributed by atoms with Crippen molar-refractivity contribution >= 4 is 16.7 Å². The Morgan fingerprint density at radius 1 is 1.24 bits per heavy atom. The van der Waals surface area contributed by atoms with Gasteiger partial charge in [0.15, 0.2) is 11.4 Å². The number of aliphatic hydroxyl groups is 1. The molecule has 2 aromatic rings. The number of β-amino-alcohol motifs (C(OH)–C–C–N with tert-alkyl or cyclic N) is 1. The molecule has 1 aromatic heterocycles. The van der Waals surface area contributed by atoms with Crippen molar-refractivity contribution in [2.45, 2.75) is 18.2 Å². The van der Waals surface area contributed by atoms with Crippen molar-refractivity contribution < 1.29 is 18.3 Å². The van der Waals surface area contributed by atoms with Gasteiger partial charge in [-0.15, -0.1) is 0 Å². The molecule has 8 heteroatoms. The SMILES string of the molecule is OC1(C(F)(F)F)CCN(c2nc(-c3ccccc3)ns2)C1. The quantitative estimate of drug-likeness (QED) is 0.926. The average molecular weight is 315 g/mol. The number of hydrogen-bond acceptors (Lipinski definition) is 5. The monoisotopic (exact) mass is 315 g/mol. The summed E-state index contributed by atoms with van der Waals surface area (Å²) in [4.78, 5) is 5.69. The van der Waals surface area contributed by atoms with Gasteiger partial charge in [-0.3, -0.25) is 0 Å². The summed E-state index contributed by atoms with van der Waals surface area (Å²) in [5.41, 5.74) is -1.85. The van der Waals surface area contributed by atoms with Crippen LogP contribution in [0.2, 0.25) is 0 Å². The smallest absolute Gasteiger partial charge is 0.379 e. The van der Waals surface area contributed by atoms with Crippen LogP contribution in [0.15, 0.2) is 30.3 Å². The second kappa shape index (κ2) is 4.96. The summed E-state index contributed by atoms with van der Waals surface area (Å²) in [6.45, 7) is -0.390. The summed E-state index contributed by atoms with van der Waals surface area (Å²) in [6, 6.07) is 9.22. The first-order valence-corrected chi connectivity index (χ1v) is 7.10. The third kappa shape index (κ3) is 2.60. The van der Waals surface area contributed by atoms with Crippen LogP contribution in [0.4, 0.5) is 18.3 Å². The fraction of sp³-hybridized carbons (Fsp3) is 0.385. The van der Waals surface area contributed by atoms with E-state index in [1.807, 2.05) is 30.3 Å². The molecule has 0 bridgehead atoms. The van der Waals surface area contributed by atoms with E-state index in [4.69, 9.17) is 0 Å². The summed E-state index contributed by atoms with van der Waals surface area (Å²) in [7, 11) is 0. The maximum absolute atomic E-state index is 12.8. The molecule has 0 amide bonds. The lowest BCUT2D eigenvalue weighted by Gasteiger charge is -2.25. The molecular weight excluding hydrogens is 303 g/mol. The van der Waals surface area contributed by atoms with Gasteiger partial charge in [0.1, 0.15) is 0 Å². The van der Waals surface area contributed by atoms with Crippen LogP contribution in [0.5, 0.6) is 0 Å². The number of halogens is 3. The van der Waals surface area contributed by atoms with Gasteiger partial charge in [-0.05, 0) is 0 Å². The Labute approximate surface area is 123 Å². The summed E-state index contributed by atoms with van der Waals surface area (Å²) >= 11 is 1.04. The number of hydrogen-bond donors (Lipinski definition) is 1. The van der Waals surface area contributed by atoms with E-state index < -0.39 is 18.3 Å². The Hall–Kier alpha value is -1.67. The van der Waals surface area contributed by atoms with Gasteiger partial charge in [0.2, 0.25) is 5.13 Å². The van der Waals surface area contributed by atoms with Crippen LogP contribution in [0.25, 0.3) is 11.4 Å². The molecule has 0 spiro atoms. The highest BCUT2D eigenvalue weighted by atomic mass is 32.1. The van der Waals surface area contributed by atoms with E-state index >= 15 is 0 Å².